The highest BCUT2D eigenvalue weighted by Crippen LogP contribution is 2.20. The third-order valence-corrected chi connectivity index (χ3v) is 6.33. The summed E-state index contributed by atoms with van der Waals surface area (Å²) in [6, 6.07) is 0. The summed E-state index contributed by atoms with van der Waals surface area (Å²) in [5, 5.41) is 0. The molecule has 2 aliphatic rings. The van der Waals surface area contributed by atoms with Crippen LogP contribution in [0.2, 0.25) is 0 Å². The molecule has 136 valence electrons. The molecule has 0 aliphatic carbocycles. The first-order valence-electron chi connectivity index (χ1n) is 10.3. The van der Waals surface area contributed by atoms with Gasteiger partial charge in [0.25, 0.3) is 0 Å². The summed E-state index contributed by atoms with van der Waals surface area (Å²) >= 11 is 2.15. The minimum absolute atomic E-state index is 0.581. The van der Waals surface area contributed by atoms with Gasteiger partial charge in [-0.05, 0) is 75.7 Å². The van der Waals surface area contributed by atoms with Gasteiger partial charge in [0.2, 0.25) is 0 Å². The van der Waals surface area contributed by atoms with E-state index >= 15 is 0 Å². The van der Waals surface area contributed by atoms with Gasteiger partial charge in [0.1, 0.15) is 0 Å². The standard InChI is InChI=1S/C20H38O2S/c1(2-4-11-19-12-5-7-15-21-19)3-9-17-23-18-10-14-20-13-6-8-16-22-20/h19-20H,1-18H2. The van der Waals surface area contributed by atoms with Gasteiger partial charge in [-0.2, -0.15) is 11.8 Å². The number of thioether (sulfide) groups is 1. The van der Waals surface area contributed by atoms with E-state index < -0.39 is 0 Å². The molecule has 0 bridgehead atoms. The third kappa shape index (κ3) is 9.99. The Morgan fingerprint density at radius 1 is 0.609 bits per heavy atom. The molecule has 2 aliphatic heterocycles. The Morgan fingerprint density at radius 3 is 1.83 bits per heavy atom. The van der Waals surface area contributed by atoms with E-state index in [9.17, 15) is 0 Å². The second kappa shape index (κ2) is 13.5. The summed E-state index contributed by atoms with van der Waals surface area (Å²) in [4.78, 5) is 0. The summed E-state index contributed by atoms with van der Waals surface area (Å²) < 4.78 is 11.6. The van der Waals surface area contributed by atoms with E-state index in [0.717, 1.165) is 13.2 Å². The quantitative estimate of drug-likeness (QED) is 0.407. The highest BCUT2D eigenvalue weighted by Gasteiger charge is 2.13. The van der Waals surface area contributed by atoms with E-state index in [1.54, 1.807) is 0 Å². The Labute approximate surface area is 148 Å². The van der Waals surface area contributed by atoms with Gasteiger partial charge in [-0.3, -0.25) is 0 Å². The van der Waals surface area contributed by atoms with Gasteiger partial charge in [0.05, 0.1) is 12.2 Å². The molecule has 2 nitrogen and oxygen atoms in total. The molecule has 23 heavy (non-hydrogen) atoms. The van der Waals surface area contributed by atoms with Crippen LogP contribution in [0.3, 0.4) is 0 Å². The lowest BCUT2D eigenvalue weighted by Crippen LogP contribution is -2.18. The van der Waals surface area contributed by atoms with Gasteiger partial charge in [0.15, 0.2) is 0 Å². The highest BCUT2D eigenvalue weighted by atomic mass is 32.2. The molecule has 2 saturated heterocycles. The molecule has 2 unspecified atom stereocenters. The molecule has 0 N–H and O–H groups in total. The van der Waals surface area contributed by atoms with Crippen LogP contribution < -0.4 is 0 Å². The fourth-order valence-electron chi connectivity index (χ4n) is 3.69. The molecule has 0 aromatic heterocycles. The van der Waals surface area contributed by atoms with Crippen LogP contribution in [0.4, 0.5) is 0 Å². The lowest BCUT2D eigenvalue weighted by atomic mass is 10.0. The molecular weight excluding hydrogens is 304 g/mol. The first-order valence-corrected chi connectivity index (χ1v) is 11.4. The van der Waals surface area contributed by atoms with E-state index in [1.807, 2.05) is 0 Å². The zero-order valence-electron chi connectivity index (χ0n) is 15.1. The molecule has 0 saturated carbocycles. The van der Waals surface area contributed by atoms with Crippen LogP contribution in [0.15, 0.2) is 0 Å². The van der Waals surface area contributed by atoms with Crippen molar-refractivity contribution in [3.05, 3.63) is 0 Å². The summed E-state index contributed by atoms with van der Waals surface area (Å²) in [5.74, 6) is 2.69. The summed E-state index contributed by atoms with van der Waals surface area (Å²) in [6.07, 6.45) is 20.1. The van der Waals surface area contributed by atoms with Crippen molar-refractivity contribution in [2.75, 3.05) is 24.7 Å². The van der Waals surface area contributed by atoms with Gasteiger partial charge in [-0.1, -0.05) is 25.7 Å². The van der Waals surface area contributed by atoms with E-state index in [0.29, 0.717) is 12.2 Å². The molecule has 0 spiro atoms. The molecular formula is C20H38O2S. The third-order valence-electron chi connectivity index (χ3n) is 5.18. The Hall–Kier alpha value is 0.270. The molecule has 2 fully saturated rings. The molecule has 0 amide bonds. The van der Waals surface area contributed by atoms with Crippen molar-refractivity contribution in [2.45, 2.75) is 102 Å². The maximum Gasteiger partial charge on any atom is 0.0575 e. The van der Waals surface area contributed by atoms with Crippen molar-refractivity contribution in [2.24, 2.45) is 0 Å². The smallest absolute Gasteiger partial charge is 0.0575 e. The average Bonchev–Trinajstić information content (AvgIpc) is 2.61. The molecule has 2 rings (SSSR count). The fourth-order valence-corrected chi connectivity index (χ4v) is 4.67. The monoisotopic (exact) mass is 342 g/mol. The Balaban J connectivity index is 1.26. The largest absolute Gasteiger partial charge is 0.378 e. The highest BCUT2D eigenvalue weighted by molar-refractivity contribution is 7.99. The zero-order chi connectivity index (χ0) is 16.0. The molecule has 2 atom stereocenters. The van der Waals surface area contributed by atoms with Gasteiger partial charge in [0, 0.05) is 13.2 Å². The van der Waals surface area contributed by atoms with Gasteiger partial charge in [-0.25, -0.2) is 0 Å². The van der Waals surface area contributed by atoms with Crippen LogP contribution in [0.25, 0.3) is 0 Å². The Morgan fingerprint density at radius 2 is 1.17 bits per heavy atom. The second-order valence-corrected chi connectivity index (χ2v) is 8.51. The van der Waals surface area contributed by atoms with E-state index in [-0.39, 0.29) is 0 Å². The number of rotatable bonds is 12. The predicted molar refractivity (Wildman–Crippen MR) is 101 cm³/mol. The second-order valence-electron chi connectivity index (χ2n) is 7.29. The van der Waals surface area contributed by atoms with E-state index in [1.165, 1.54) is 101 Å². The van der Waals surface area contributed by atoms with Gasteiger partial charge in [-0.15, -0.1) is 0 Å². The van der Waals surface area contributed by atoms with Gasteiger partial charge < -0.3 is 9.47 Å². The van der Waals surface area contributed by atoms with Crippen LogP contribution in [0.5, 0.6) is 0 Å². The minimum atomic E-state index is 0.581. The lowest BCUT2D eigenvalue weighted by molar-refractivity contribution is 0.00976. The van der Waals surface area contributed by atoms with Crippen LogP contribution in [-0.2, 0) is 9.47 Å². The van der Waals surface area contributed by atoms with Crippen LogP contribution in [0, 0.1) is 0 Å². The maximum atomic E-state index is 5.79. The Bertz CT molecular complexity index is 234. The van der Waals surface area contributed by atoms with Crippen molar-refractivity contribution < 1.29 is 9.47 Å². The number of hydrogen-bond donors (Lipinski definition) is 0. The molecule has 0 radical (unpaired) electrons. The van der Waals surface area contributed by atoms with Crippen molar-refractivity contribution in [1.82, 2.24) is 0 Å². The molecule has 3 heteroatoms. The SMILES string of the molecule is C(CCCSCCCC1CCCCO1)CCCC1CCCCO1. The van der Waals surface area contributed by atoms with Crippen molar-refractivity contribution >= 4 is 11.8 Å². The number of hydrogen-bond acceptors (Lipinski definition) is 3. The van der Waals surface area contributed by atoms with Crippen molar-refractivity contribution in [3.8, 4) is 0 Å². The maximum absolute atomic E-state index is 5.79. The number of ether oxygens (including phenoxy) is 2. The molecule has 2 heterocycles. The first-order chi connectivity index (χ1) is 11.4. The van der Waals surface area contributed by atoms with Crippen LogP contribution in [-0.4, -0.2) is 36.9 Å². The summed E-state index contributed by atoms with van der Waals surface area (Å²) in [6.45, 7) is 2.01. The van der Waals surface area contributed by atoms with Crippen molar-refractivity contribution in [1.29, 1.82) is 0 Å². The van der Waals surface area contributed by atoms with Gasteiger partial charge >= 0.3 is 0 Å². The van der Waals surface area contributed by atoms with Crippen LogP contribution >= 0.6 is 11.8 Å². The van der Waals surface area contributed by atoms with Crippen LogP contribution in [0.1, 0.15) is 89.9 Å². The Kier molecular flexibility index (Phi) is 11.5. The van der Waals surface area contributed by atoms with E-state index in [2.05, 4.69) is 11.8 Å². The topological polar surface area (TPSA) is 18.5 Å². The first kappa shape index (κ1) is 19.6. The minimum Gasteiger partial charge on any atom is -0.378 e. The summed E-state index contributed by atoms with van der Waals surface area (Å²) in [7, 11) is 0. The van der Waals surface area contributed by atoms with Crippen molar-refractivity contribution in [3.63, 3.8) is 0 Å². The fraction of sp³-hybridized carbons (Fsp3) is 1.00. The van der Waals surface area contributed by atoms with E-state index in [4.69, 9.17) is 9.47 Å². The molecule has 0 aromatic rings. The number of unbranched alkanes of at least 4 members (excludes halogenated alkanes) is 4. The zero-order valence-corrected chi connectivity index (χ0v) is 15.9. The predicted octanol–water partition coefficient (Wildman–Crippen LogP) is 5.98. The molecule has 0 aromatic carbocycles. The average molecular weight is 343 g/mol. The lowest BCUT2D eigenvalue weighted by Gasteiger charge is -2.22. The summed E-state index contributed by atoms with van der Waals surface area (Å²) in [5.41, 5.74) is 0. The normalized spacial score (nSPS) is 25.6.